The number of fused-ring (bicyclic) bond motifs is 3. The maximum atomic E-state index is 13.9. The number of alkyl halides is 6. The van der Waals surface area contributed by atoms with Gasteiger partial charge in [0.1, 0.15) is 5.75 Å². The van der Waals surface area contributed by atoms with Crippen molar-refractivity contribution in [1.82, 2.24) is 0 Å². The fourth-order valence-corrected chi connectivity index (χ4v) is 6.91. The Labute approximate surface area is 256 Å². The predicted octanol–water partition coefficient (Wildman–Crippen LogP) is 7.42. The van der Waals surface area contributed by atoms with Crippen molar-refractivity contribution in [3.8, 4) is 5.75 Å². The molecule has 2 aliphatic heterocycles. The summed E-state index contributed by atoms with van der Waals surface area (Å²) in [6, 6.07) is 7.40. The zero-order chi connectivity index (χ0) is 32.8. The Morgan fingerprint density at radius 2 is 1.62 bits per heavy atom. The highest BCUT2D eigenvalue weighted by Crippen LogP contribution is 2.52. The summed E-state index contributed by atoms with van der Waals surface area (Å²) in [4.78, 5) is 28.0. The maximum absolute atomic E-state index is 13.9. The molecule has 0 spiro atoms. The summed E-state index contributed by atoms with van der Waals surface area (Å²) in [7, 11) is -1.28. The topological polar surface area (TPSA) is 87.1 Å². The van der Waals surface area contributed by atoms with Gasteiger partial charge in [-0.15, -0.1) is 0 Å². The summed E-state index contributed by atoms with van der Waals surface area (Å²) >= 11 is 0. The molecule has 1 aliphatic carbocycles. The van der Waals surface area contributed by atoms with Crippen LogP contribution in [-0.4, -0.2) is 35.2 Å². The van der Waals surface area contributed by atoms with Gasteiger partial charge in [0.05, 0.1) is 34.8 Å². The molecule has 2 aromatic carbocycles. The molecule has 4 atom stereocenters. The van der Waals surface area contributed by atoms with E-state index in [0.29, 0.717) is 42.7 Å². The smallest absolute Gasteiger partial charge is 0.455 e. The van der Waals surface area contributed by atoms with Crippen LogP contribution in [0.15, 0.2) is 59.2 Å². The number of hydrogen-bond acceptors (Lipinski definition) is 5. The van der Waals surface area contributed by atoms with Gasteiger partial charge in [0.15, 0.2) is 0 Å². The van der Waals surface area contributed by atoms with E-state index in [1.165, 1.54) is 0 Å². The summed E-state index contributed by atoms with van der Waals surface area (Å²) < 4.78 is 87.6. The number of allylic oxidation sites excluding steroid dienone is 2. The van der Waals surface area contributed by atoms with Crippen LogP contribution in [0.3, 0.4) is 0 Å². The Bertz CT molecular complexity index is 1500. The number of anilines is 1. The van der Waals surface area contributed by atoms with Crippen molar-refractivity contribution in [1.29, 1.82) is 0 Å². The first-order valence-electron chi connectivity index (χ1n) is 14.8. The van der Waals surface area contributed by atoms with Crippen LogP contribution >= 0.6 is 0 Å². The number of rotatable bonds is 7. The van der Waals surface area contributed by atoms with Gasteiger partial charge in [-0.1, -0.05) is 42.7 Å². The fourth-order valence-electron chi connectivity index (χ4n) is 6.91. The normalized spacial score (nSPS) is 24.3. The van der Waals surface area contributed by atoms with Crippen molar-refractivity contribution in [3.05, 3.63) is 75.9 Å². The molecular formula is C32H32BF6NO5. The third kappa shape index (κ3) is 6.69. The number of carbonyl (C=O) groups excluding carboxylic acids is 2. The third-order valence-corrected chi connectivity index (χ3v) is 8.80. The molecule has 2 aromatic rings. The van der Waals surface area contributed by atoms with Gasteiger partial charge >= 0.3 is 19.5 Å². The maximum Gasteiger partial charge on any atom is 0.455 e. The first-order chi connectivity index (χ1) is 21.1. The summed E-state index contributed by atoms with van der Waals surface area (Å²) in [5, 5.41) is 20.3. The van der Waals surface area contributed by atoms with Gasteiger partial charge in [0.25, 0.3) is 0 Å². The van der Waals surface area contributed by atoms with E-state index in [4.69, 9.17) is 4.65 Å². The molecule has 0 unspecified atom stereocenters. The number of nitrogens with zero attached hydrogens (tertiary/aromatic N) is 1. The number of aromatic hydroxyl groups is 1. The van der Waals surface area contributed by atoms with Crippen LogP contribution in [0.2, 0.25) is 6.32 Å². The van der Waals surface area contributed by atoms with E-state index < -0.39 is 72.0 Å². The zero-order valence-corrected chi connectivity index (χ0v) is 24.6. The first kappa shape index (κ1) is 32.8. The van der Waals surface area contributed by atoms with Gasteiger partial charge in [-0.2, -0.15) is 26.3 Å². The summed E-state index contributed by atoms with van der Waals surface area (Å²) in [5.41, 5.74) is -0.517. The monoisotopic (exact) mass is 635 g/mol. The summed E-state index contributed by atoms with van der Waals surface area (Å²) in [6.07, 6.45) is -6.66. The van der Waals surface area contributed by atoms with E-state index in [0.717, 1.165) is 22.3 Å². The van der Waals surface area contributed by atoms with Crippen LogP contribution in [0.1, 0.15) is 62.6 Å². The molecule has 0 bridgehead atoms. The number of benzene rings is 2. The van der Waals surface area contributed by atoms with Crippen LogP contribution in [0, 0.1) is 17.8 Å². The summed E-state index contributed by atoms with van der Waals surface area (Å²) in [6.45, 7) is 3.85. The molecule has 0 radical (unpaired) electrons. The molecule has 6 nitrogen and oxygen atoms in total. The lowest BCUT2D eigenvalue weighted by molar-refractivity contribution is -0.143. The highest BCUT2D eigenvalue weighted by molar-refractivity contribution is 6.43. The SMILES string of the molecule is CCCC1=C2[C@@H](CC/C(C)=C/c3ccc(O)cc3)OB(O)C[C@@H]2[C@@H]2C(=O)N(c3cc(C(F)(F)F)cc(C(F)(F)F)c3)C(=O)[C@@H]2C1. The van der Waals surface area contributed by atoms with Gasteiger partial charge in [-0.25, -0.2) is 4.90 Å². The van der Waals surface area contributed by atoms with Crippen LogP contribution in [0.25, 0.3) is 6.08 Å². The lowest BCUT2D eigenvalue weighted by Crippen LogP contribution is -2.46. The average Bonchev–Trinajstić information content (AvgIpc) is 3.21. The molecular weight excluding hydrogens is 603 g/mol. The Balaban J connectivity index is 1.48. The number of phenolic OH excluding ortho intramolecular Hbond substituents is 1. The van der Waals surface area contributed by atoms with Crippen LogP contribution < -0.4 is 4.90 Å². The van der Waals surface area contributed by atoms with E-state index >= 15 is 0 Å². The third-order valence-electron chi connectivity index (χ3n) is 8.80. The molecule has 2 heterocycles. The lowest BCUT2D eigenvalue weighted by atomic mass is 9.58. The highest BCUT2D eigenvalue weighted by Gasteiger charge is 2.58. The number of halogens is 6. The van der Waals surface area contributed by atoms with E-state index in [-0.39, 0.29) is 24.6 Å². The van der Waals surface area contributed by atoms with E-state index in [2.05, 4.69) is 0 Å². The van der Waals surface area contributed by atoms with Crippen LogP contribution in [-0.2, 0) is 26.6 Å². The van der Waals surface area contributed by atoms with Crippen molar-refractivity contribution in [2.75, 3.05) is 4.90 Å². The van der Waals surface area contributed by atoms with Gasteiger partial charge in [0, 0.05) is 0 Å². The van der Waals surface area contributed by atoms with Gasteiger partial charge < -0.3 is 14.8 Å². The Kier molecular flexibility index (Phi) is 8.98. The minimum absolute atomic E-state index is 0.0359. The largest absolute Gasteiger partial charge is 0.508 e. The van der Waals surface area contributed by atoms with Crippen molar-refractivity contribution in [2.45, 2.75) is 70.7 Å². The molecule has 13 heteroatoms. The number of amides is 2. The molecule has 5 rings (SSSR count). The van der Waals surface area contributed by atoms with E-state index in [1.807, 2.05) is 19.9 Å². The molecule has 2 saturated heterocycles. The van der Waals surface area contributed by atoms with Gasteiger partial charge in [-0.05, 0) is 86.3 Å². The Morgan fingerprint density at radius 1 is 1.00 bits per heavy atom. The second-order valence-corrected chi connectivity index (χ2v) is 12.0. The Hall–Kier alpha value is -3.58. The molecule has 0 aromatic heterocycles. The van der Waals surface area contributed by atoms with E-state index in [9.17, 15) is 46.1 Å². The molecule has 2 amide bonds. The standard InChI is InChI=1S/C32H32BF6NO5/c1-3-4-19-12-24-28(30(43)40(29(24)42)22-14-20(31(34,35)36)13-21(15-22)32(37,38)39)25-16-33(44)45-26(27(19)25)10-5-17(2)11-18-6-8-23(41)9-7-18/h6-9,11,13-15,24-26,28,41,44H,3-5,10,12,16H2,1-2H3/b17-11+/t24-,25+,26-,28-/m1/s1. The predicted molar refractivity (Wildman–Crippen MR) is 155 cm³/mol. The number of imide groups is 1. The molecule has 2 fully saturated rings. The second-order valence-electron chi connectivity index (χ2n) is 12.0. The van der Waals surface area contributed by atoms with E-state index in [1.54, 1.807) is 24.3 Å². The molecule has 45 heavy (non-hydrogen) atoms. The highest BCUT2D eigenvalue weighted by atomic mass is 19.4. The van der Waals surface area contributed by atoms with Crippen molar-refractivity contribution < 1.29 is 50.7 Å². The van der Waals surface area contributed by atoms with Gasteiger partial charge in [-0.3, -0.25) is 9.59 Å². The van der Waals surface area contributed by atoms with Crippen LogP contribution in [0.4, 0.5) is 32.0 Å². The lowest BCUT2D eigenvalue weighted by Gasteiger charge is -2.43. The average molecular weight is 635 g/mol. The second kappa shape index (κ2) is 12.3. The number of carbonyl (C=O) groups is 2. The minimum Gasteiger partial charge on any atom is -0.508 e. The zero-order valence-electron chi connectivity index (χ0n) is 24.6. The molecule has 0 saturated carbocycles. The van der Waals surface area contributed by atoms with Crippen LogP contribution in [0.5, 0.6) is 5.75 Å². The fraction of sp³-hybridized carbons (Fsp3) is 0.438. The molecule has 240 valence electrons. The minimum atomic E-state index is -5.15. The molecule has 2 N–H and O–H groups in total. The number of hydrogen-bond donors (Lipinski definition) is 2. The van der Waals surface area contributed by atoms with Crippen molar-refractivity contribution >= 4 is 30.7 Å². The van der Waals surface area contributed by atoms with Crippen molar-refractivity contribution in [3.63, 3.8) is 0 Å². The van der Waals surface area contributed by atoms with Gasteiger partial charge in [0.2, 0.25) is 11.8 Å². The van der Waals surface area contributed by atoms with Crippen molar-refractivity contribution in [2.24, 2.45) is 17.8 Å². The molecule has 3 aliphatic rings. The summed E-state index contributed by atoms with van der Waals surface area (Å²) in [5.74, 6) is -4.32. The Morgan fingerprint density at radius 3 is 2.20 bits per heavy atom. The first-order valence-corrected chi connectivity index (χ1v) is 14.8. The quantitative estimate of drug-likeness (QED) is 0.143. The number of phenols is 1.